The molecule has 0 bridgehead atoms. The molecule has 1 aromatic rings. The maximum atomic E-state index is 12.0. The lowest BCUT2D eigenvalue weighted by Crippen LogP contribution is -2.39. The Morgan fingerprint density at radius 2 is 1.79 bits per heavy atom. The van der Waals surface area contributed by atoms with E-state index in [9.17, 15) is 14.4 Å². The second-order valence-corrected chi connectivity index (χ2v) is 8.20. The topological polar surface area (TPSA) is 98.9 Å². The van der Waals surface area contributed by atoms with Gasteiger partial charge in [-0.3, -0.25) is 19.3 Å². The number of aldehydes is 1. The Bertz CT molecular complexity index is 741. The molecule has 1 fully saturated rings. The van der Waals surface area contributed by atoms with E-state index in [0.717, 1.165) is 25.9 Å². The Morgan fingerprint density at radius 3 is 2.31 bits per heavy atom. The van der Waals surface area contributed by atoms with Crippen molar-refractivity contribution >= 4 is 18.2 Å². The van der Waals surface area contributed by atoms with Crippen molar-refractivity contribution in [1.82, 2.24) is 4.90 Å². The van der Waals surface area contributed by atoms with Crippen molar-refractivity contribution in [2.24, 2.45) is 5.73 Å². The van der Waals surface area contributed by atoms with Gasteiger partial charge in [0.2, 0.25) is 5.91 Å². The number of amides is 1. The fourth-order valence-electron chi connectivity index (χ4n) is 3.24. The van der Waals surface area contributed by atoms with E-state index in [0.29, 0.717) is 24.5 Å². The summed E-state index contributed by atoms with van der Waals surface area (Å²) in [6, 6.07) is 7.59. The second kappa shape index (κ2) is 10.2. The Morgan fingerprint density at radius 1 is 1.17 bits per heavy atom. The molecule has 158 valence electrons. The number of nitrogens with zero attached hydrogens (tertiary/aromatic N) is 1. The summed E-state index contributed by atoms with van der Waals surface area (Å²) in [6.45, 7) is 7.62. The van der Waals surface area contributed by atoms with Crippen molar-refractivity contribution in [2.45, 2.75) is 51.6 Å². The molecule has 1 heterocycles. The Balaban J connectivity index is 1.85. The molecular weight excluding hydrogens is 372 g/mol. The van der Waals surface area contributed by atoms with Gasteiger partial charge in [0.15, 0.2) is 12.0 Å². The van der Waals surface area contributed by atoms with Gasteiger partial charge in [-0.15, -0.1) is 0 Å². The number of rotatable bonds is 8. The summed E-state index contributed by atoms with van der Waals surface area (Å²) in [7, 11) is 0. The van der Waals surface area contributed by atoms with Gasteiger partial charge < -0.3 is 15.2 Å². The summed E-state index contributed by atoms with van der Waals surface area (Å²) < 4.78 is 10.9. The number of likely N-dealkylation sites (tertiary alicyclic amines) is 1. The monoisotopic (exact) mass is 402 g/mol. The van der Waals surface area contributed by atoms with Crippen LogP contribution in [-0.2, 0) is 19.1 Å². The van der Waals surface area contributed by atoms with E-state index in [1.165, 1.54) is 11.6 Å². The van der Waals surface area contributed by atoms with E-state index in [4.69, 9.17) is 15.2 Å². The van der Waals surface area contributed by atoms with E-state index in [2.05, 4.69) is 4.90 Å². The minimum absolute atomic E-state index is 0.0476. The van der Waals surface area contributed by atoms with Gasteiger partial charge in [0.05, 0.1) is 6.54 Å². The van der Waals surface area contributed by atoms with E-state index >= 15 is 0 Å². The minimum atomic E-state index is -0.527. The number of ether oxygens (including phenoxy) is 2. The first-order valence-electron chi connectivity index (χ1n) is 9.82. The number of esters is 1. The summed E-state index contributed by atoms with van der Waals surface area (Å²) in [6.07, 6.45) is 3.79. The van der Waals surface area contributed by atoms with Gasteiger partial charge in [-0.05, 0) is 76.4 Å². The fraction of sp³-hybridized carbons (Fsp3) is 0.500. The first-order valence-corrected chi connectivity index (χ1v) is 9.82. The van der Waals surface area contributed by atoms with Crippen LogP contribution in [0.15, 0.2) is 36.1 Å². The highest BCUT2D eigenvalue weighted by Gasteiger charge is 2.24. The highest BCUT2D eigenvalue weighted by molar-refractivity contribution is 5.78. The molecule has 0 aliphatic carbocycles. The van der Waals surface area contributed by atoms with Crippen molar-refractivity contribution in [3.63, 3.8) is 0 Å². The molecule has 1 saturated heterocycles. The Kier molecular flexibility index (Phi) is 7.96. The zero-order valence-electron chi connectivity index (χ0n) is 17.3. The first-order chi connectivity index (χ1) is 13.7. The van der Waals surface area contributed by atoms with E-state index < -0.39 is 11.5 Å². The maximum absolute atomic E-state index is 12.0. The van der Waals surface area contributed by atoms with Gasteiger partial charge >= 0.3 is 5.97 Å². The lowest BCUT2D eigenvalue weighted by molar-refractivity contribution is -0.156. The minimum Gasteiger partial charge on any atom is -0.459 e. The van der Waals surface area contributed by atoms with Crippen LogP contribution in [0.3, 0.4) is 0 Å². The van der Waals surface area contributed by atoms with Crippen LogP contribution in [-0.4, -0.2) is 48.3 Å². The van der Waals surface area contributed by atoms with E-state index in [1.807, 2.05) is 45.0 Å². The molecule has 1 amide bonds. The summed E-state index contributed by atoms with van der Waals surface area (Å²) in [5.74, 6) is 0.287. The molecule has 7 heteroatoms. The molecule has 2 N–H and O–H groups in total. The van der Waals surface area contributed by atoms with Crippen LogP contribution in [0.2, 0.25) is 0 Å². The van der Waals surface area contributed by atoms with Crippen molar-refractivity contribution < 1.29 is 23.9 Å². The number of hydrogen-bond donors (Lipinski definition) is 1. The third-order valence-electron chi connectivity index (χ3n) is 4.57. The number of allylic oxidation sites excluding steroid dienone is 1. The number of benzene rings is 1. The highest BCUT2D eigenvalue weighted by atomic mass is 16.6. The molecule has 7 nitrogen and oxygen atoms in total. The summed E-state index contributed by atoms with van der Waals surface area (Å²) >= 11 is 0. The standard InChI is InChI=1S/C22H30N2O5/c1-22(2,3)29-21(27)14-24-12-10-17(11-13-24)16-4-6-18(7-5-16)28-19(15-25)8-9-20(23)26/h4-8,15,17H,9-14H2,1-3H3,(H2,23,26)/b19-8+. The number of carbonyl (C=O) groups excluding carboxylic acids is 3. The lowest BCUT2D eigenvalue weighted by Gasteiger charge is -2.32. The van der Waals surface area contributed by atoms with Crippen molar-refractivity contribution in [1.29, 1.82) is 0 Å². The average Bonchev–Trinajstić information content (AvgIpc) is 2.64. The number of hydrogen-bond acceptors (Lipinski definition) is 6. The molecular formula is C22H30N2O5. The van der Waals surface area contributed by atoms with Gasteiger partial charge in [-0.25, -0.2) is 0 Å². The smallest absolute Gasteiger partial charge is 0.320 e. The van der Waals surface area contributed by atoms with E-state index in [-0.39, 0.29) is 18.1 Å². The molecule has 1 aliphatic heterocycles. The van der Waals surface area contributed by atoms with Crippen LogP contribution in [0.4, 0.5) is 0 Å². The molecule has 0 unspecified atom stereocenters. The van der Waals surface area contributed by atoms with Crippen molar-refractivity contribution in [3.05, 3.63) is 41.7 Å². The van der Waals surface area contributed by atoms with Crippen molar-refractivity contribution in [2.75, 3.05) is 19.6 Å². The Hall–Kier alpha value is -2.67. The molecule has 0 spiro atoms. The van der Waals surface area contributed by atoms with E-state index in [1.54, 1.807) is 0 Å². The molecule has 2 rings (SSSR count). The fourth-order valence-corrected chi connectivity index (χ4v) is 3.24. The first kappa shape index (κ1) is 22.6. The quantitative estimate of drug-likeness (QED) is 0.310. The van der Waals surface area contributed by atoms with Crippen LogP contribution in [0.25, 0.3) is 0 Å². The zero-order chi connectivity index (χ0) is 21.4. The SMILES string of the molecule is CC(C)(C)OC(=O)CN1CCC(c2ccc(O/C(C=O)=C/CC(N)=O)cc2)CC1. The predicted octanol–water partition coefficient (Wildman–Crippen LogP) is 2.54. The zero-order valence-corrected chi connectivity index (χ0v) is 17.3. The van der Waals surface area contributed by atoms with Gasteiger partial charge in [-0.1, -0.05) is 12.1 Å². The molecule has 1 aromatic carbocycles. The molecule has 0 aromatic heterocycles. The van der Waals surface area contributed by atoms with Crippen LogP contribution < -0.4 is 10.5 Å². The molecule has 1 aliphatic rings. The normalized spacial score (nSPS) is 16.3. The maximum Gasteiger partial charge on any atom is 0.320 e. The Labute approximate surface area is 171 Å². The number of carbonyl (C=O) groups is 3. The van der Waals surface area contributed by atoms with Crippen molar-refractivity contribution in [3.8, 4) is 5.75 Å². The largest absolute Gasteiger partial charge is 0.459 e. The number of primary amides is 1. The second-order valence-electron chi connectivity index (χ2n) is 8.20. The summed E-state index contributed by atoms with van der Waals surface area (Å²) in [4.78, 5) is 36.0. The highest BCUT2D eigenvalue weighted by Crippen LogP contribution is 2.29. The average molecular weight is 402 g/mol. The van der Waals surface area contributed by atoms with Gasteiger partial charge in [-0.2, -0.15) is 0 Å². The molecule has 0 atom stereocenters. The van der Waals surface area contributed by atoms with Gasteiger partial charge in [0.25, 0.3) is 0 Å². The predicted molar refractivity (Wildman–Crippen MR) is 109 cm³/mol. The molecule has 29 heavy (non-hydrogen) atoms. The summed E-state index contributed by atoms with van der Waals surface area (Å²) in [5.41, 5.74) is 5.81. The third kappa shape index (κ3) is 8.07. The third-order valence-corrected chi connectivity index (χ3v) is 4.57. The van der Waals surface area contributed by atoms with Crippen LogP contribution in [0.1, 0.15) is 51.5 Å². The molecule has 0 radical (unpaired) electrons. The van der Waals surface area contributed by atoms with Gasteiger partial charge in [0, 0.05) is 6.42 Å². The molecule has 0 saturated carbocycles. The summed E-state index contributed by atoms with van der Waals surface area (Å²) in [5, 5.41) is 0. The van der Waals surface area contributed by atoms with Crippen LogP contribution in [0, 0.1) is 0 Å². The van der Waals surface area contributed by atoms with Crippen LogP contribution in [0.5, 0.6) is 5.75 Å². The van der Waals surface area contributed by atoms with Crippen LogP contribution >= 0.6 is 0 Å². The number of nitrogens with two attached hydrogens (primary N) is 1. The number of piperidine rings is 1. The lowest BCUT2D eigenvalue weighted by atomic mass is 9.89. The van der Waals surface area contributed by atoms with Gasteiger partial charge in [0.1, 0.15) is 11.4 Å².